The van der Waals surface area contributed by atoms with Gasteiger partial charge in [-0.25, -0.2) is 13.4 Å². The van der Waals surface area contributed by atoms with Gasteiger partial charge in [0, 0.05) is 36.9 Å². The van der Waals surface area contributed by atoms with Crippen molar-refractivity contribution in [2.24, 2.45) is 5.10 Å². The summed E-state index contributed by atoms with van der Waals surface area (Å²) in [5.74, 6) is 1.23. The van der Waals surface area contributed by atoms with Crippen LogP contribution in [0.3, 0.4) is 0 Å². The van der Waals surface area contributed by atoms with Crippen LogP contribution in [0.2, 0.25) is 0 Å². The van der Waals surface area contributed by atoms with Gasteiger partial charge in [-0.2, -0.15) is 5.10 Å². The van der Waals surface area contributed by atoms with Crippen LogP contribution in [-0.2, 0) is 22.9 Å². The third-order valence-electron chi connectivity index (χ3n) is 7.84. The van der Waals surface area contributed by atoms with E-state index in [0.29, 0.717) is 17.7 Å². The first-order chi connectivity index (χ1) is 20.7. The summed E-state index contributed by atoms with van der Waals surface area (Å²) in [6.07, 6.45) is 0.810. The summed E-state index contributed by atoms with van der Waals surface area (Å²) in [6.45, 7) is 1.62. The number of methoxy groups -OCH3 is 1. The molecule has 0 amide bonds. The third kappa shape index (κ3) is 6.04. The van der Waals surface area contributed by atoms with Gasteiger partial charge < -0.3 is 9.47 Å². The topological polar surface area (TPSA) is 88.5 Å². The minimum atomic E-state index is -3.37. The Morgan fingerprint density at radius 2 is 1.56 bits per heavy atom. The summed E-state index contributed by atoms with van der Waals surface area (Å²) in [6, 6.07) is 30.1. The minimum absolute atomic E-state index is 0.153. The van der Waals surface area contributed by atoms with Gasteiger partial charge in [-0.15, -0.1) is 0 Å². The highest BCUT2D eigenvalue weighted by Crippen LogP contribution is 2.43. The van der Waals surface area contributed by atoms with E-state index < -0.39 is 16.1 Å². The van der Waals surface area contributed by atoms with Crippen LogP contribution in [0.4, 0.5) is 0 Å². The quantitative estimate of drug-likeness (QED) is 0.237. The molecule has 2 unspecified atom stereocenters. The maximum atomic E-state index is 13.7. The summed E-state index contributed by atoms with van der Waals surface area (Å²) >= 11 is 0. The molecule has 0 bridgehead atoms. The van der Waals surface area contributed by atoms with Crippen LogP contribution in [0, 0.1) is 0 Å². The summed E-state index contributed by atoms with van der Waals surface area (Å²) in [5.41, 5.74) is 5.63. The fourth-order valence-corrected chi connectivity index (χ4v) is 6.23. The fourth-order valence-electron chi connectivity index (χ4n) is 5.60. The Morgan fingerprint density at radius 3 is 2.19 bits per heavy atom. The molecule has 0 fully saturated rings. The molecular formula is C34H33N3O5S. The van der Waals surface area contributed by atoms with Crippen molar-refractivity contribution in [3.8, 4) is 11.5 Å². The van der Waals surface area contributed by atoms with Gasteiger partial charge in [0.2, 0.25) is 5.78 Å². The number of benzene rings is 4. The lowest BCUT2D eigenvalue weighted by molar-refractivity contribution is -0.00456. The zero-order valence-corrected chi connectivity index (χ0v) is 25.1. The Balaban J connectivity index is 1.20. The first-order valence-electron chi connectivity index (χ1n) is 14.1. The van der Waals surface area contributed by atoms with Crippen molar-refractivity contribution in [1.82, 2.24) is 9.91 Å². The Labute approximate surface area is 252 Å². The van der Waals surface area contributed by atoms with E-state index in [9.17, 15) is 13.2 Å². The van der Waals surface area contributed by atoms with Crippen molar-refractivity contribution in [2.45, 2.75) is 36.7 Å². The van der Waals surface area contributed by atoms with Gasteiger partial charge >= 0.3 is 0 Å². The van der Waals surface area contributed by atoms with Gasteiger partial charge in [0.05, 0.1) is 23.8 Å². The molecule has 0 radical (unpaired) electrons. The van der Waals surface area contributed by atoms with E-state index in [0.717, 1.165) is 41.9 Å². The number of para-hydroxylation sites is 1. The van der Waals surface area contributed by atoms with E-state index in [1.165, 1.54) is 35.4 Å². The van der Waals surface area contributed by atoms with Gasteiger partial charge in [0.25, 0.3) is 6.23 Å². The van der Waals surface area contributed by atoms with Gasteiger partial charge in [-0.3, -0.25) is 9.69 Å². The summed E-state index contributed by atoms with van der Waals surface area (Å²) in [5, 5.41) is 6.66. The highest BCUT2D eigenvalue weighted by Gasteiger charge is 2.43. The molecular weight excluding hydrogens is 562 g/mol. The second-order valence-electron chi connectivity index (χ2n) is 11.0. The van der Waals surface area contributed by atoms with Crippen LogP contribution in [0.5, 0.6) is 11.5 Å². The van der Waals surface area contributed by atoms with Gasteiger partial charge in [0.1, 0.15) is 11.5 Å². The Bertz CT molecular complexity index is 1770. The fraction of sp³-hybridized carbons (Fsp3) is 0.235. The number of nitrogens with zero attached hydrogens (tertiary/aromatic N) is 3. The van der Waals surface area contributed by atoms with Crippen molar-refractivity contribution in [2.75, 3.05) is 20.4 Å². The standard InChI is InChI=1S/C34H33N3O5S/c1-36(22-24-10-16-27(41-2)17-11-24)21-23-8-12-25(13-9-23)30-20-31-29-6-4-5-7-32(29)42-34(37(31)35-30)33(38)26-14-18-28(19-15-26)43(3,39)40/h4-19,31,34H,20-22H2,1-3H3. The average Bonchev–Trinajstić information content (AvgIpc) is 3.47. The SMILES string of the molecule is COc1ccc(CN(C)Cc2ccc(C3=NN4C(C(=O)c5ccc(S(C)(=O)=O)cc5)Oc5ccccc5C4C3)cc2)cc1. The maximum Gasteiger partial charge on any atom is 0.251 e. The Hall–Kier alpha value is -4.47. The van der Waals surface area contributed by atoms with Crippen molar-refractivity contribution in [3.63, 3.8) is 0 Å². The molecule has 9 heteroatoms. The predicted octanol–water partition coefficient (Wildman–Crippen LogP) is 5.48. The predicted molar refractivity (Wildman–Crippen MR) is 165 cm³/mol. The monoisotopic (exact) mass is 595 g/mol. The molecule has 43 heavy (non-hydrogen) atoms. The molecule has 0 saturated heterocycles. The molecule has 220 valence electrons. The number of ketones is 1. The summed E-state index contributed by atoms with van der Waals surface area (Å²) in [4.78, 5) is 16.1. The second-order valence-corrected chi connectivity index (χ2v) is 13.0. The van der Waals surface area contributed by atoms with Crippen molar-refractivity contribution >= 4 is 21.3 Å². The van der Waals surface area contributed by atoms with Crippen molar-refractivity contribution in [1.29, 1.82) is 0 Å². The maximum absolute atomic E-state index is 13.7. The van der Waals surface area contributed by atoms with Crippen LogP contribution >= 0.6 is 0 Å². The van der Waals surface area contributed by atoms with E-state index in [2.05, 4.69) is 48.3 Å². The second kappa shape index (κ2) is 11.7. The van der Waals surface area contributed by atoms with E-state index in [4.69, 9.17) is 14.6 Å². The zero-order valence-electron chi connectivity index (χ0n) is 24.3. The van der Waals surface area contributed by atoms with Crippen LogP contribution in [-0.4, -0.2) is 56.5 Å². The highest BCUT2D eigenvalue weighted by atomic mass is 32.2. The zero-order chi connectivity index (χ0) is 30.1. The van der Waals surface area contributed by atoms with Crippen molar-refractivity contribution in [3.05, 3.63) is 125 Å². The lowest BCUT2D eigenvalue weighted by Gasteiger charge is -2.37. The third-order valence-corrected chi connectivity index (χ3v) is 8.97. The first-order valence-corrected chi connectivity index (χ1v) is 16.0. The van der Waals surface area contributed by atoms with Crippen LogP contribution in [0.1, 0.15) is 45.1 Å². The molecule has 2 heterocycles. The Morgan fingerprint density at radius 1 is 0.930 bits per heavy atom. The largest absolute Gasteiger partial charge is 0.497 e. The Kier molecular flexibility index (Phi) is 7.77. The number of Topliss-reactive ketones (excluding diaryl/α,β-unsaturated/α-hetero) is 1. The number of rotatable bonds is 9. The number of sulfone groups is 1. The van der Waals surface area contributed by atoms with Gasteiger partial charge in [-0.05, 0) is 66.2 Å². The molecule has 0 aliphatic carbocycles. The molecule has 2 atom stereocenters. The van der Waals surface area contributed by atoms with Crippen molar-refractivity contribution < 1.29 is 22.7 Å². The first kappa shape index (κ1) is 28.6. The molecule has 8 nitrogen and oxygen atoms in total. The normalized spacial score (nSPS) is 17.6. The van der Waals surface area contributed by atoms with E-state index in [-0.39, 0.29) is 16.7 Å². The minimum Gasteiger partial charge on any atom is -0.497 e. The van der Waals surface area contributed by atoms with Crippen LogP contribution in [0.15, 0.2) is 107 Å². The molecule has 2 aliphatic rings. The van der Waals surface area contributed by atoms with Gasteiger partial charge in [0.15, 0.2) is 9.84 Å². The smallest absolute Gasteiger partial charge is 0.251 e. The number of hydrogen-bond donors (Lipinski definition) is 0. The van der Waals surface area contributed by atoms with Crippen LogP contribution < -0.4 is 9.47 Å². The number of hydrogen-bond acceptors (Lipinski definition) is 8. The highest BCUT2D eigenvalue weighted by molar-refractivity contribution is 7.90. The van der Waals surface area contributed by atoms with E-state index >= 15 is 0 Å². The number of hydrazone groups is 1. The molecule has 0 N–H and O–H groups in total. The summed E-state index contributed by atoms with van der Waals surface area (Å²) in [7, 11) is 0.395. The van der Waals surface area contributed by atoms with E-state index in [1.54, 1.807) is 12.1 Å². The average molecular weight is 596 g/mol. The van der Waals surface area contributed by atoms with Crippen LogP contribution in [0.25, 0.3) is 0 Å². The molecule has 0 spiro atoms. The molecule has 0 aromatic heterocycles. The molecule has 6 rings (SSSR count). The number of fused-ring (bicyclic) bond motifs is 3. The lowest BCUT2D eigenvalue weighted by Crippen LogP contribution is -2.45. The molecule has 0 saturated carbocycles. The number of carbonyl (C=O) groups excluding carboxylic acids is 1. The molecule has 4 aromatic rings. The number of carbonyl (C=O) groups is 1. The molecule has 2 aliphatic heterocycles. The molecule has 4 aromatic carbocycles. The van der Waals surface area contributed by atoms with E-state index in [1.807, 2.05) is 36.4 Å². The number of ether oxygens (including phenoxy) is 2. The van der Waals surface area contributed by atoms with Gasteiger partial charge in [-0.1, -0.05) is 54.6 Å². The summed E-state index contributed by atoms with van der Waals surface area (Å²) < 4.78 is 35.3. The lowest BCUT2D eigenvalue weighted by atomic mass is 9.95.